The van der Waals surface area contributed by atoms with E-state index >= 15 is 0 Å². The van der Waals surface area contributed by atoms with E-state index in [0.29, 0.717) is 0 Å². The molecule has 0 heterocycles. The fourth-order valence-electron chi connectivity index (χ4n) is 1.23. The number of benzene rings is 1. The third kappa shape index (κ3) is 3.94. The zero-order chi connectivity index (χ0) is 11.1. The Morgan fingerprint density at radius 3 is 2.53 bits per heavy atom. The summed E-state index contributed by atoms with van der Waals surface area (Å²) in [6.45, 7) is 3.41. The van der Waals surface area contributed by atoms with Crippen molar-refractivity contribution in [1.29, 1.82) is 0 Å². The van der Waals surface area contributed by atoms with Gasteiger partial charge in [-0.25, -0.2) is 4.79 Å². The van der Waals surface area contributed by atoms with E-state index in [1.54, 1.807) is 0 Å². The molecule has 0 fully saturated rings. The minimum Gasteiger partial charge on any atom is -0.318 e. The van der Waals surface area contributed by atoms with Crippen molar-refractivity contribution >= 4 is 11.7 Å². The highest BCUT2D eigenvalue weighted by molar-refractivity contribution is 6.00. The number of nitrogens with zero attached hydrogens (tertiary/aromatic N) is 1. The van der Waals surface area contributed by atoms with Gasteiger partial charge in [-0.2, -0.15) is 0 Å². The summed E-state index contributed by atoms with van der Waals surface area (Å²) in [7, 11) is 0. The average molecular weight is 205 g/mol. The van der Waals surface area contributed by atoms with Gasteiger partial charge in [0, 0.05) is 6.92 Å². The summed E-state index contributed by atoms with van der Waals surface area (Å²) < 4.78 is 0. The topological polar surface area (TPSA) is 38.7 Å². The minimum atomic E-state index is -0.389. The van der Waals surface area contributed by atoms with Crippen LogP contribution in [0.4, 0.5) is 0 Å². The maximum Gasteiger partial charge on any atom is 0.331 e. The number of rotatable bonds is 4. The highest BCUT2D eigenvalue weighted by atomic mass is 16.7. The van der Waals surface area contributed by atoms with Crippen LogP contribution in [0.5, 0.6) is 0 Å². The minimum absolute atomic E-state index is 0.389. The monoisotopic (exact) mass is 205 g/mol. The molecule has 0 radical (unpaired) electrons. The lowest BCUT2D eigenvalue weighted by Crippen LogP contribution is -2.03. The normalized spacial score (nSPS) is 11.2. The molecule has 1 aromatic carbocycles. The quantitative estimate of drug-likeness (QED) is 0.430. The summed E-state index contributed by atoms with van der Waals surface area (Å²) in [5.74, 6) is -0.389. The van der Waals surface area contributed by atoms with Crippen LogP contribution in [0.25, 0.3) is 0 Å². The van der Waals surface area contributed by atoms with E-state index in [1.165, 1.54) is 6.92 Å². The standard InChI is InChI=1S/C12H15NO2/c1-3-7-12(13-15-10(2)14)11-8-5-4-6-9-11/h4-6,8-9H,3,7H2,1-2H3. The zero-order valence-corrected chi connectivity index (χ0v) is 9.06. The van der Waals surface area contributed by atoms with Crippen molar-refractivity contribution in [3.63, 3.8) is 0 Å². The molecular weight excluding hydrogens is 190 g/mol. The van der Waals surface area contributed by atoms with Gasteiger partial charge in [0.15, 0.2) is 0 Å². The van der Waals surface area contributed by atoms with Gasteiger partial charge in [-0.05, 0) is 12.0 Å². The van der Waals surface area contributed by atoms with Crippen LogP contribution in [0.1, 0.15) is 32.3 Å². The Balaban J connectivity index is 2.83. The van der Waals surface area contributed by atoms with Crippen LogP contribution in [0.15, 0.2) is 35.5 Å². The van der Waals surface area contributed by atoms with Crippen molar-refractivity contribution in [1.82, 2.24) is 0 Å². The van der Waals surface area contributed by atoms with Crippen molar-refractivity contribution in [2.45, 2.75) is 26.7 Å². The van der Waals surface area contributed by atoms with Crippen LogP contribution in [0, 0.1) is 0 Å². The van der Waals surface area contributed by atoms with E-state index in [2.05, 4.69) is 16.9 Å². The maximum absolute atomic E-state index is 10.7. The highest BCUT2D eigenvalue weighted by Crippen LogP contribution is 2.06. The van der Waals surface area contributed by atoms with Gasteiger partial charge in [0.25, 0.3) is 0 Å². The Hall–Kier alpha value is -1.64. The van der Waals surface area contributed by atoms with Crippen LogP contribution >= 0.6 is 0 Å². The van der Waals surface area contributed by atoms with Gasteiger partial charge in [-0.1, -0.05) is 48.8 Å². The maximum atomic E-state index is 10.7. The molecule has 0 saturated heterocycles. The highest BCUT2D eigenvalue weighted by Gasteiger charge is 2.03. The molecule has 0 saturated carbocycles. The van der Waals surface area contributed by atoms with Crippen LogP contribution in [0.2, 0.25) is 0 Å². The number of hydrogen-bond acceptors (Lipinski definition) is 3. The molecule has 1 rings (SSSR count). The first-order chi connectivity index (χ1) is 7.24. The molecule has 0 aliphatic carbocycles. The molecule has 3 heteroatoms. The van der Waals surface area contributed by atoms with E-state index in [0.717, 1.165) is 24.1 Å². The van der Waals surface area contributed by atoms with E-state index in [4.69, 9.17) is 0 Å². The van der Waals surface area contributed by atoms with Crippen LogP contribution in [0.3, 0.4) is 0 Å². The Morgan fingerprint density at radius 2 is 2.00 bits per heavy atom. The summed E-state index contributed by atoms with van der Waals surface area (Å²) in [4.78, 5) is 15.3. The van der Waals surface area contributed by atoms with Crippen LogP contribution in [-0.4, -0.2) is 11.7 Å². The van der Waals surface area contributed by atoms with Crippen molar-refractivity contribution < 1.29 is 9.63 Å². The van der Waals surface area contributed by atoms with Gasteiger partial charge in [0.1, 0.15) is 0 Å². The Kier molecular flexibility index (Phi) is 4.54. The van der Waals surface area contributed by atoms with Gasteiger partial charge in [0.2, 0.25) is 0 Å². The molecule has 15 heavy (non-hydrogen) atoms. The molecule has 0 bridgehead atoms. The Morgan fingerprint density at radius 1 is 1.33 bits per heavy atom. The Labute approximate surface area is 89.7 Å². The van der Waals surface area contributed by atoms with Crippen molar-refractivity contribution in [2.24, 2.45) is 5.16 Å². The largest absolute Gasteiger partial charge is 0.331 e. The lowest BCUT2D eigenvalue weighted by atomic mass is 10.1. The van der Waals surface area contributed by atoms with Gasteiger partial charge in [0.05, 0.1) is 5.71 Å². The summed E-state index contributed by atoms with van der Waals surface area (Å²) in [6.07, 6.45) is 1.77. The zero-order valence-electron chi connectivity index (χ0n) is 9.06. The lowest BCUT2D eigenvalue weighted by molar-refractivity contribution is -0.140. The van der Waals surface area contributed by atoms with Crippen LogP contribution in [-0.2, 0) is 9.63 Å². The molecule has 0 amide bonds. The molecule has 3 nitrogen and oxygen atoms in total. The number of carbonyl (C=O) groups excluding carboxylic acids is 1. The molecule has 0 atom stereocenters. The molecule has 1 aromatic rings. The van der Waals surface area contributed by atoms with E-state index in [9.17, 15) is 4.79 Å². The molecule has 0 aromatic heterocycles. The third-order valence-electron chi connectivity index (χ3n) is 1.88. The van der Waals surface area contributed by atoms with Crippen molar-refractivity contribution in [3.05, 3.63) is 35.9 Å². The molecule has 80 valence electrons. The molecule has 0 unspecified atom stereocenters. The average Bonchev–Trinajstić information content (AvgIpc) is 2.25. The smallest absolute Gasteiger partial charge is 0.318 e. The summed E-state index contributed by atoms with van der Waals surface area (Å²) in [5, 5.41) is 3.85. The van der Waals surface area contributed by atoms with E-state index in [-0.39, 0.29) is 5.97 Å². The molecule has 0 aliphatic heterocycles. The van der Waals surface area contributed by atoms with Gasteiger partial charge < -0.3 is 4.84 Å². The fourth-order valence-corrected chi connectivity index (χ4v) is 1.23. The summed E-state index contributed by atoms with van der Waals surface area (Å²) in [6, 6.07) is 9.73. The first kappa shape index (κ1) is 11.4. The fraction of sp³-hybridized carbons (Fsp3) is 0.333. The van der Waals surface area contributed by atoms with Gasteiger partial charge in [-0.3, -0.25) is 0 Å². The predicted molar refractivity (Wildman–Crippen MR) is 59.7 cm³/mol. The number of oxime groups is 1. The predicted octanol–water partition coefficient (Wildman–Crippen LogP) is 2.75. The van der Waals surface area contributed by atoms with E-state index < -0.39 is 0 Å². The number of carbonyl (C=O) groups is 1. The number of hydrogen-bond donors (Lipinski definition) is 0. The van der Waals surface area contributed by atoms with Crippen molar-refractivity contribution in [2.75, 3.05) is 0 Å². The summed E-state index contributed by atoms with van der Waals surface area (Å²) in [5.41, 5.74) is 1.81. The molecular formula is C12H15NO2. The first-order valence-corrected chi connectivity index (χ1v) is 5.04. The second-order valence-electron chi connectivity index (χ2n) is 3.24. The SMILES string of the molecule is CCCC(=NOC(C)=O)c1ccccc1. The summed E-state index contributed by atoms with van der Waals surface area (Å²) >= 11 is 0. The van der Waals surface area contributed by atoms with Crippen LogP contribution < -0.4 is 0 Å². The van der Waals surface area contributed by atoms with Crippen molar-refractivity contribution in [3.8, 4) is 0 Å². The molecule has 0 aliphatic rings. The first-order valence-electron chi connectivity index (χ1n) is 5.04. The second kappa shape index (κ2) is 5.96. The van der Waals surface area contributed by atoms with Gasteiger partial charge >= 0.3 is 5.97 Å². The van der Waals surface area contributed by atoms with Gasteiger partial charge in [-0.15, -0.1) is 0 Å². The third-order valence-corrected chi connectivity index (χ3v) is 1.88. The molecule has 0 spiro atoms. The molecule has 0 N–H and O–H groups in total. The van der Waals surface area contributed by atoms with E-state index in [1.807, 2.05) is 30.3 Å². The Bertz CT molecular complexity index is 344. The lowest BCUT2D eigenvalue weighted by Gasteiger charge is -2.03. The second-order valence-corrected chi connectivity index (χ2v) is 3.24.